The van der Waals surface area contributed by atoms with Gasteiger partial charge in [-0.05, 0) is 26.8 Å². The first kappa shape index (κ1) is 9.06. The fourth-order valence-corrected chi connectivity index (χ4v) is 0.868. The minimum atomic E-state index is 0.677. The smallest absolute Gasteiger partial charge is 0.151 e. The molecule has 0 atom stereocenters. The molecule has 1 rings (SSSR count). The molecule has 4 nitrogen and oxygen atoms in total. The molecule has 12 heavy (non-hydrogen) atoms. The summed E-state index contributed by atoms with van der Waals surface area (Å²) < 4.78 is 0. The highest BCUT2D eigenvalue weighted by molar-refractivity contribution is 5.05. The Balaban J connectivity index is 2.69. The maximum atomic E-state index is 5.37. The van der Waals surface area contributed by atoms with Crippen molar-refractivity contribution in [2.75, 3.05) is 6.54 Å². The van der Waals surface area contributed by atoms with E-state index in [1.54, 1.807) is 0 Å². The lowest BCUT2D eigenvalue weighted by atomic mass is 10.3. The molecule has 66 valence electrons. The van der Waals surface area contributed by atoms with Crippen LogP contribution in [0.15, 0.2) is 0 Å². The maximum absolute atomic E-state index is 5.37. The van der Waals surface area contributed by atoms with Crippen LogP contribution in [0.1, 0.15) is 23.6 Å². The molecule has 0 aliphatic rings. The summed E-state index contributed by atoms with van der Waals surface area (Å²) in [6.45, 7) is 4.52. The van der Waals surface area contributed by atoms with Crippen LogP contribution in [0.4, 0.5) is 0 Å². The highest BCUT2D eigenvalue weighted by atomic mass is 15.2. The summed E-state index contributed by atoms with van der Waals surface area (Å²) in [5.41, 5.74) is 7.22. The van der Waals surface area contributed by atoms with Gasteiger partial charge in [0.1, 0.15) is 0 Å². The largest absolute Gasteiger partial charge is 0.330 e. The van der Waals surface area contributed by atoms with E-state index < -0.39 is 0 Å². The van der Waals surface area contributed by atoms with Crippen molar-refractivity contribution in [3.05, 3.63) is 17.2 Å². The fraction of sp³-hybridized carbons (Fsp3) is 0.625. The van der Waals surface area contributed by atoms with Crippen LogP contribution >= 0.6 is 0 Å². The van der Waals surface area contributed by atoms with Crippen LogP contribution in [0.5, 0.6) is 0 Å². The molecule has 0 unspecified atom stereocenters. The van der Waals surface area contributed by atoms with E-state index in [1.807, 2.05) is 13.8 Å². The molecule has 0 spiro atoms. The molecule has 0 radical (unpaired) electrons. The van der Waals surface area contributed by atoms with Gasteiger partial charge in [-0.15, -0.1) is 5.10 Å². The summed E-state index contributed by atoms with van der Waals surface area (Å²) in [7, 11) is 0. The molecule has 0 saturated heterocycles. The van der Waals surface area contributed by atoms with Gasteiger partial charge < -0.3 is 5.73 Å². The van der Waals surface area contributed by atoms with Gasteiger partial charge in [-0.1, -0.05) is 0 Å². The van der Waals surface area contributed by atoms with E-state index in [0.717, 1.165) is 30.1 Å². The first-order chi connectivity index (χ1) is 5.74. The molecular formula is C8H14N4. The Labute approximate surface area is 72.2 Å². The van der Waals surface area contributed by atoms with E-state index in [4.69, 9.17) is 5.73 Å². The number of hydrogen-bond donors (Lipinski definition) is 1. The Morgan fingerprint density at radius 2 is 1.92 bits per heavy atom. The van der Waals surface area contributed by atoms with Crippen molar-refractivity contribution in [1.82, 2.24) is 15.2 Å². The van der Waals surface area contributed by atoms with Gasteiger partial charge in [-0.25, -0.2) is 4.98 Å². The van der Waals surface area contributed by atoms with Gasteiger partial charge >= 0.3 is 0 Å². The zero-order valence-corrected chi connectivity index (χ0v) is 7.54. The molecule has 4 heteroatoms. The van der Waals surface area contributed by atoms with E-state index in [2.05, 4.69) is 15.2 Å². The molecule has 0 aromatic carbocycles. The minimum absolute atomic E-state index is 0.677. The van der Waals surface area contributed by atoms with E-state index in [0.29, 0.717) is 6.54 Å². The van der Waals surface area contributed by atoms with Crippen molar-refractivity contribution < 1.29 is 0 Å². The SMILES string of the molecule is Cc1nnc(CCCN)nc1C. The lowest BCUT2D eigenvalue weighted by Gasteiger charge is -2.00. The molecule has 0 aliphatic heterocycles. The highest BCUT2D eigenvalue weighted by Crippen LogP contribution is 1.99. The molecular weight excluding hydrogens is 152 g/mol. The zero-order chi connectivity index (χ0) is 8.97. The van der Waals surface area contributed by atoms with Crippen molar-refractivity contribution in [3.63, 3.8) is 0 Å². The molecule has 1 aromatic heterocycles. The zero-order valence-electron chi connectivity index (χ0n) is 7.54. The van der Waals surface area contributed by atoms with Gasteiger partial charge in [-0.3, -0.25) is 0 Å². The normalized spacial score (nSPS) is 10.2. The predicted molar refractivity (Wildman–Crippen MR) is 46.7 cm³/mol. The Kier molecular flexibility index (Phi) is 3.10. The first-order valence-corrected chi connectivity index (χ1v) is 4.11. The van der Waals surface area contributed by atoms with Crippen molar-refractivity contribution in [2.45, 2.75) is 26.7 Å². The number of rotatable bonds is 3. The summed E-state index contributed by atoms with van der Waals surface area (Å²) in [6, 6.07) is 0. The summed E-state index contributed by atoms with van der Waals surface area (Å²) in [4.78, 5) is 4.28. The predicted octanol–water partition coefficient (Wildman–Crippen LogP) is 0.380. The second-order valence-corrected chi connectivity index (χ2v) is 2.79. The second-order valence-electron chi connectivity index (χ2n) is 2.79. The van der Waals surface area contributed by atoms with Crippen molar-refractivity contribution in [2.24, 2.45) is 5.73 Å². The van der Waals surface area contributed by atoms with Crippen LogP contribution in [0, 0.1) is 13.8 Å². The van der Waals surface area contributed by atoms with E-state index >= 15 is 0 Å². The average Bonchev–Trinajstić information content (AvgIpc) is 2.07. The van der Waals surface area contributed by atoms with Crippen LogP contribution < -0.4 is 5.73 Å². The van der Waals surface area contributed by atoms with Gasteiger partial charge in [0.25, 0.3) is 0 Å². The lowest BCUT2D eigenvalue weighted by molar-refractivity contribution is 0.734. The molecule has 1 heterocycles. The topological polar surface area (TPSA) is 64.7 Å². The molecule has 0 saturated carbocycles. The maximum Gasteiger partial charge on any atom is 0.151 e. The monoisotopic (exact) mass is 166 g/mol. The standard InChI is InChI=1S/C8H14N4/c1-6-7(2)11-12-8(10-6)4-3-5-9/h3-5,9H2,1-2H3. The second kappa shape index (κ2) is 4.11. The number of aryl methyl sites for hydroxylation is 3. The number of nitrogens with two attached hydrogens (primary N) is 1. The van der Waals surface area contributed by atoms with Gasteiger partial charge in [-0.2, -0.15) is 5.10 Å². The summed E-state index contributed by atoms with van der Waals surface area (Å²) in [5.74, 6) is 0.795. The quantitative estimate of drug-likeness (QED) is 0.705. The van der Waals surface area contributed by atoms with Crippen molar-refractivity contribution in [3.8, 4) is 0 Å². The molecule has 0 amide bonds. The van der Waals surface area contributed by atoms with Gasteiger partial charge in [0.15, 0.2) is 5.82 Å². The van der Waals surface area contributed by atoms with Gasteiger partial charge in [0.2, 0.25) is 0 Å². The van der Waals surface area contributed by atoms with Crippen LogP contribution in [-0.4, -0.2) is 21.7 Å². The van der Waals surface area contributed by atoms with Crippen molar-refractivity contribution >= 4 is 0 Å². The number of nitrogens with zero attached hydrogens (tertiary/aromatic N) is 3. The van der Waals surface area contributed by atoms with Crippen LogP contribution in [0.25, 0.3) is 0 Å². The van der Waals surface area contributed by atoms with Crippen molar-refractivity contribution in [1.29, 1.82) is 0 Å². The molecule has 0 bridgehead atoms. The van der Waals surface area contributed by atoms with E-state index in [1.165, 1.54) is 0 Å². The van der Waals surface area contributed by atoms with Crippen LogP contribution in [0.2, 0.25) is 0 Å². The summed E-state index contributed by atoms with van der Waals surface area (Å²) in [5, 5.41) is 7.94. The van der Waals surface area contributed by atoms with Gasteiger partial charge in [0.05, 0.1) is 11.4 Å². The third-order valence-corrected chi connectivity index (χ3v) is 1.74. The minimum Gasteiger partial charge on any atom is -0.330 e. The summed E-state index contributed by atoms with van der Waals surface area (Å²) >= 11 is 0. The van der Waals surface area contributed by atoms with Gasteiger partial charge in [0, 0.05) is 6.42 Å². The van der Waals surface area contributed by atoms with E-state index in [-0.39, 0.29) is 0 Å². The first-order valence-electron chi connectivity index (χ1n) is 4.11. The molecule has 0 fully saturated rings. The Hall–Kier alpha value is -1.03. The number of aromatic nitrogens is 3. The van der Waals surface area contributed by atoms with E-state index in [9.17, 15) is 0 Å². The lowest BCUT2D eigenvalue weighted by Crippen LogP contribution is -2.06. The molecule has 0 aliphatic carbocycles. The summed E-state index contributed by atoms with van der Waals surface area (Å²) in [6.07, 6.45) is 1.74. The van der Waals surface area contributed by atoms with Crippen LogP contribution in [0.3, 0.4) is 0 Å². The Morgan fingerprint density at radius 3 is 2.50 bits per heavy atom. The number of hydrogen-bond acceptors (Lipinski definition) is 4. The van der Waals surface area contributed by atoms with Crippen LogP contribution in [-0.2, 0) is 6.42 Å². The molecule has 2 N–H and O–H groups in total. The third kappa shape index (κ3) is 2.23. The third-order valence-electron chi connectivity index (χ3n) is 1.74. The Bertz CT molecular complexity index is 259. The molecule has 1 aromatic rings. The average molecular weight is 166 g/mol. The fourth-order valence-electron chi connectivity index (χ4n) is 0.868. The Morgan fingerprint density at radius 1 is 1.17 bits per heavy atom. The highest BCUT2D eigenvalue weighted by Gasteiger charge is 1.99.